The van der Waals surface area contributed by atoms with E-state index in [0.717, 1.165) is 5.56 Å². The average molecular weight is 238 g/mol. The van der Waals surface area contributed by atoms with Crippen molar-refractivity contribution in [3.63, 3.8) is 0 Å². The van der Waals surface area contributed by atoms with Gasteiger partial charge < -0.3 is 14.7 Å². The highest BCUT2D eigenvalue weighted by molar-refractivity contribution is 5.68. The molecule has 0 saturated heterocycles. The Bertz CT molecular complexity index is 341. The van der Waals surface area contributed by atoms with Crippen molar-refractivity contribution in [1.29, 1.82) is 0 Å². The van der Waals surface area contributed by atoms with Crippen molar-refractivity contribution in [2.75, 3.05) is 13.2 Å². The van der Waals surface area contributed by atoms with Crippen LogP contribution in [0.2, 0.25) is 0 Å². The molecule has 1 rings (SSSR count). The van der Waals surface area contributed by atoms with Crippen LogP contribution in [0.25, 0.3) is 0 Å². The van der Waals surface area contributed by atoms with Crippen molar-refractivity contribution in [2.24, 2.45) is 0 Å². The van der Waals surface area contributed by atoms with Gasteiger partial charge in [0.05, 0.1) is 13.2 Å². The number of aliphatic hydroxyl groups excluding tert-OH is 1. The van der Waals surface area contributed by atoms with Gasteiger partial charge >= 0.3 is 6.09 Å². The molecule has 1 aromatic heterocycles. The first-order valence-electron chi connectivity index (χ1n) is 5.58. The maximum Gasteiger partial charge on any atom is 0.410 e. The van der Waals surface area contributed by atoms with Crippen LogP contribution in [0, 0.1) is 0 Å². The number of aromatic nitrogens is 1. The Morgan fingerprint density at radius 1 is 1.59 bits per heavy atom. The van der Waals surface area contributed by atoms with Crippen LogP contribution in [0.3, 0.4) is 0 Å². The predicted octanol–water partition coefficient (Wildman–Crippen LogP) is 1.42. The number of ether oxygens (including phenoxy) is 1. The van der Waals surface area contributed by atoms with Crippen LogP contribution in [0.5, 0.6) is 0 Å². The Labute approximate surface area is 101 Å². The van der Waals surface area contributed by atoms with Crippen molar-refractivity contribution >= 4 is 6.09 Å². The highest BCUT2D eigenvalue weighted by atomic mass is 16.6. The maximum atomic E-state index is 11.7. The molecule has 0 bridgehead atoms. The number of hydrogen-bond donors (Lipinski definition) is 1. The van der Waals surface area contributed by atoms with Crippen LogP contribution in [-0.4, -0.2) is 40.3 Å². The topological polar surface area (TPSA) is 62.7 Å². The molecule has 0 aliphatic heterocycles. The van der Waals surface area contributed by atoms with Crippen LogP contribution < -0.4 is 0 Å². The summed E-state index contributed by atoms with van der Waals surface area (Å²) in [7, 11) is 0. The van der Waals surface area contributed by atoms with Crippen molar-refractivity contribution in [3.8, 4) is 0 Å². The molecule has 0 aliphatic carbocycles. The second-order valence-corrected chi connectivity index (χ2v) is 3.92. The molecule has 0 radical (unpaired) electrons. The molecule has 0 aliphatic rings. The van der Waals surface area contributed by atoms with Gasteiger partial charge in [-0.15, -0.1) is 0 Å². The van der Waals surface area contributed by atoms with Crippen LogP contribution >= 0.6 is 0 Å². The quantitative estimate of drug-likeness (QED) is 0.842. The van der Waals surface area contributed by atoms with Gasteiger partial charge in [-0.1, -0.05) is 6.07 Å². The Balaban J connectivity index is 2.63. The summed E-state index contributed by atoms with van der Waals surface area (Å²) in [5.41, 5.74) is 0.946. The second-order valence-electron chi connectivity index (χ2n) is 3.92. The first-order chi connectivity index (χ1) is 8.15. The van der Waals surface area contributed by atoms with E-state index in [1.165, 1.54) is 0 Å². The monoisotopic (exact) mass is 238 g/mol. The van der Waals surface area contributed by atoms with Crippen LogP contribution in [0.4, 0.5) is 4.79 Å². The molecular formula is C12H18N2O3. The van der Waals surface area contributed by atoms with E-state index < -0.39 is 6.09 Å². The molecule has 17 heavy (non-hydrogen) atoms. The summed E-state index contributed by atoms with van der Waals surface area (Å²) in [4.78, 5) is 17.3. The Hall–Kier alpha value is -1.62. The SMILES string of the molecule is CC(C)N(Cc1cccnc1)C(=O)OCCO. The minimum Gasteiger partial charge on any atom is -0.447 e. The third kappa shape index (κ3) is 4.40. The summed E-state index contributed by atoms with van der Waals surface area (Å²) < 4.78 is 4.90. The van der Waals surface area contributed by atoms with E-state index in [1.54, 1.807) is 17.3 Å². The van der Waals surface area contributed by atoms with E-state index in [0.29, 0.717) is 6.54 Å². The summed E-state index contributed by atoms with van der Waals surface area (Å²) in [6.07, 6.45) is 2.99. The fraction of sp³-hybridized carbons (Fsp3) is 0.500. The molecule has 0 atom stereocenters. The lowest BCUT2D eigenvalue weighted by Gasteiger charge is -2.25. The Kier molecular flexibility index (Phi) is 5.42. The van der Waals surface area contributed by atoms with E-state index in [1.807, 2.05) is 26.0 Å². The number of pyridine rings is 1. The third-order valence-electron chi connectivity index (χ3n) is 2.25. The Morgan fingerprint density at radius 2 is 2.35 bits per heavy atom. The summed E-state index contributed by atoms with van der Waals surface area (Å²) in [6.45, 7) is 4.14. The van der Waals surface area contributed by atoms with E-state index in [4.69, 9.17) is 9.84 Å². The van der Waals surface area contributed by atoms with Gasteiger partial charge in [-0.25, -0.2) is 4.79 Å². The number of rotatable bonds is 5. The number of carbonyl (C=O) groups is 1. The van der Waals surface area contributed by atoms with Crippen molar-refractivity contribution in [1.82, 2.24) is 9.88 Å². The first-order valence-corrected chi connectivity index (χ1v) is 5.58. The van der Waals surface area contributed by atoms with E-state index in [-0.39, 0.29) is 19.3 Å². The molecule has 0 saturated carbocycles. The van der Waals surface area contributed by atoms with Gasteiger partial charge in [-0.05, 0) is 25.5 Å². The standard InChI is InChI=1S/C12H18N2O3/c1-10(2)14(12(16)17-7-6-15)9-11-4-3-5-13-8-11/h3-5,8,10,15H,6-7,9H2,1-2H3. The predicted molar refractivity (Wildman–Crippen MR) is 63.3 cm³/mol. The van der Waals surface area contributed by atoms with Crippen molar-refractivity contribution < 1.29 is 14.6 Å². The Morgan fingerprint density at radius 3 is 2.88 bits per heavy atom. The molecule has 0 spiro atoms. The maximum absolute atomic E-state index is 11.7. The zero-order valence-electron chi connectivity index (χ0n) is 10.2. The van der Waals surface area contributed by atoms with Crippen LogP contribution in [-0.2, 0) is 11.3 Å². The molecular weight excluding hydrogens is 220 g/mol. The minimum atomic E-state index is -0.419. The van der Waals surface area contributed by atoms with Gasteiger partial charge in [0.25, 0.3) is 0 Å². The van der Waals surface area contributed by atoms with Gasteiger partial charge in [0.2, 0.25) is 0 Å². The molecule has 1 heterocycles. The summed E-state index contributed by atoms with van der Waals surface area (Å²) in [5.74, 6) is 0. The summed E-state index contributed by atoms with van der Waals surface area (Å²) in [6, 6.07) is 3.76. The lowest BCUT2D eigenvalue weighted by molar-refractivity contribution is 0.0730. The number of aliphatic hydroxyl groups is 1. The number of nitrogens with zero attached hydrogens (tertiary/aromatic N) is 2. The number of carbonyl (C=O) groups excluding carboxylic acids is 1. The average Bonchev–Trinajstić information content (AvgIpc) is 2.34. The number of hydrogen-bond acceptors (Lipinski definition) is 4. The smallest absolute Gasteiger partial charge is 0.410 e. The second kappa shape index (κ2) is 6.85. The highest BCUT2D eigenvalue weighted by Gasteiger charge is 2.18. The molecule has 5 nitrogen and oxygen atoms in total. The zero-order valence-corrected chi connectivity index (χ0v) is 10.2. The first kappa shape index (κ1) is 13.4. The molecule has 1 aromatic rings. The molecule has 0 fully saturated rings. The molecule has 1 N–H and O–H groups in total. The molecule has 1 amide bonds. The number of amides is 1. The zero-order chi connectivity index (χ0) is 12.7. The summed E-state index contributed by atoms with van der Waals surface area (Å²) >= 11 is 0. The fourth-order valence-corrected chi connectivity index (χ4v) is 1.36. The van der Waals surface area contributed by atoms with E-state index in [2.05, 4.69) is 4.98 Å². The van der Waals surface area contributed by atoms with Crippen molar-refractivity contribution in [2.45, 2.75) is 26.4 Å². The third-order valence-corrected chi connectivity index (χ3v) is 2.25. The molecule has 5 heteroatoms. The highest BCUT2D eigenvalue weighted by Crippen LogP contribution is 2.08. The van der Waals surface area contributed by atoms with Crippen molar-refractivity contribution in [3.05, 3.63) is 30.1 Å². The molecule has 0 aromatic carbocycles. The van der Waals surface area contributed by atoms with E-state index >= 15 is 0 Å². The van der Waals surface area contributed by atoms with E-state index in [9.17, 15) is 4.79 Å². The largest absolute Gasteiger partial charge is 0.447 e. The van der Waals surface area contributed by atoms with Gasteiger partial charge in [-0.3, -0.25) is 4.98 Å². The van der Waals surface area contributed by atoms with Gasteiger partial charge in [0, 0.05) is 18.4 Å². The minimum absolute atomic E-state index is 0.0229. The van der Waals surface area contributed by atoms with Gasteiger partial charge in [-0.2, -0.15) is 0 Å². The van der Waals surface area contributed by atoms with Crippen LogP contribution in [0.15, 0.2) is 24.5 Å². The lowest BCUT2D eigenvalue weighted by Crippen LogP contribution is -2.37. The summed E-state index contributed by atoms with van der Waals surface area (Å²) in [5, 5.41) is 8.62. The van der Waals surface area contributed by atoms with Gasteiger partial charge in [0.1, 0.15) is 6.61 Å². The molecule has 0 unspecified atom stereocenters. The molecule has 94 valence electrons. The lowest BCUT2D eigenvalue weighted by atomic mass is 10.2. The fourth-order valence-electron chi connectivity index (χ4n) is 1.36. The van der Waals surface area contributed by atoms with Gasteiger partial charge in [0.15, 0.2) is 0 Å². The normalized spacial score (nSPS) is 10.4. The van der Waals surface area contributed by atoms with Crippen LogP contribution in [0.1, 0.15) is 19.4 Å².